The minimum atomic E-state index is -1.16. The Morgan fingerprint density at radius 1 is 0.925 bits per heavy atom. The number of carbonyl (C=O) groups excluding carboxylic acids is 2. The first-order chi connectivity index (χ1) is 26.0. The zero-order valence-electron chi connectivity index (χ0n) is 29.8. The average molecular weight is 702 g/mol. The molecule has 7 nitrogen and oxygen atoms in total. The second-order valence-electron chi connectivity index (χ2n) is 13.8. The van der Waals surface area contributed by atoms with Crippen LogP contribution in [0.15, 0.2) is 121 Å². The molecule has 53 heavy (non-hydrogen) atoms. The highest BCUT2D eigenvalue weighted by molar-refractivity contribution is 5.89. The van der Waals surface area contributed by atoms with Gasteiger partial charge in [0, 0.05) is 30.8 Å². The Bertz CT molecular complexity index is 2430. The van der Waals surface area contributed by atoms with Crippen molar-refractivity contribution in [2.24, 2.45) is 5.73 Å². The number of rotatable bonds is 9. The van der Waals surface area contributed by atoms with Gasteiger partial charge in [-0.2, -0.15) is 0 Å². The largest absolute Gasteiger partial charge is 0.488 e. The molecule has 266 valence electrons. The first kappa shape index (κ1) is 34.2. The highest BCUT2D eigenvalue weighted by Crippen LogP contribution is 2.38. The van der Waals surface area contributed by atoms with Crippen molar-refractivity contribution in [3.8, 4) is 5.75 Å². The lowest BCUT2D eigenvalue weighted by Gasteiger charge is -2.34. The molecular weight excluding hydrogens is 659 g/mol. The Balaban J connectivity index is 1.25. The summed E-state index contributed by atoms with van der Waals surface area (Å²) < 4.78 is 12.3. The van der Waals surface area contributed by atoms with Crippen molar-refractivity contribution in [1.29, 1.82) is 0 Å². The van der Waals surface area contributed by atoms with Gasteiger partial charge < -0.3 is 25.4 Å². The van der Waals surface area contributed by atoms with Gasteiger partial charge in [-0.3, -0.25) is 9.59 Å². The molecule has 0 aromatic heterocycles. The van der Waals surface area contributed by atoms with Crippen LogP contribution in [0.1, 0.15) is 59.9 Å². The van der Waals surface area contributed by atoms with E-state index in [1.165, 1.54) is 37.6 Å². The highest BCUT2D eigenvalue weighted by atomic mass is 16.6. The van der Waals surface area contributed by atoms with Crippen LogP contribution in [0.3, 0.4) is 0 Å². The van der Waals surface area contributed by atoms with Gasteiger partial charge in [0.25, 0.3) is 12.1 Å². The van der Waals surface area contributed by atoms with E-state index in [0.29, 0.717) is 13.1 Å². The Kier molecular flexibility index (Phi) is 9.66. The number of carbonyl (C=O) groups is 2. The SMILES string of the molecule is CCC(=O)OC1Nc2cc(C3=c4ccc5c(c4C(C(CN)Oc4ccccc4)CC3)CC=c3ccccc3=5)ccc2CN(C=Cc2ccccc2)C1=O. The molecular formula is C46H43N3O4. The minimum Gasteiger partial charge on any atom is -0.488 e. The molecule has 7 heteroatoms. The van der Waals surface area contributed by atoms with E-state index in [0.717, 1.165) is 47.4 Å². The zero-order valence-corrected chi connectivity index (χ0v) is 29.8. The molecule has 1 aliphatic heterocycles. The Labute approximate surface area is 309 Å². The molecule has 1 amide bonds. The average Bonchev–Trinajstić information content (AvgIpc) is 3.33. The normalized spacial score (nSPS) is 18.0. The number of nitrogens with one attached hydrogen (secondary N) is 1. The predicted octanol–water partition coefficient (Wildman–Crippen LogP) is 6.50. The van der Waals surface area contributed by atoms with Crippen LogP contribution in [0.5, 0.6) is 5.75 Å². The number of para-hydroxylation sites is 1. The molecule has 3 atom stereocenters. The number of hydrogen-bond donors (Lipinski definition) is 2. The van der Waals surface area contributed by atoms with E-state index in [1.807, 2.05) is 66.7 Å². The van der Waals surface area contributed by atoms with Gasteiger partial charge >= 0.3 is 5.97 Å². The number of amides is 1. The smallest absolute Gasteiger partial charge is 0.307 e. The van der Waals surface area contributed by atoms with Crippen LogP contribution in [-0.2, 0) is 27.3 Å². The van der Waals surface area contributed by atoms with E-state index in [1.54, 1.807) is 18.0 Å². The molecule has 0 fully saturated rings. The molecule has 5 aromatic carbocycles. The number of anilines is 1. The molecule has 3 aliphatic rings. The number of nitrogens with two attached hydrogens (primary N) is 1. The van der Waals surface area contributed by atoms with Crippen LogP contribution in [0.25, 0.3) is 17.7 Å². The van der Waals surface area contributed by atoms with Gasteiger partial charge in [-0.25, -0.2) is 0 Å². The zero-order chi connectivity index (χ0) is 36.3. The lowest BCUT2D eigenvalue weighted by atomic mass is 9.75. The summed E-state index contributed by atoms with van der Waals surface area (Å²) in [7, 11) is 0. The second kappa shape index (κ2) is 15.0. The van der Waals surface area contributed by atoms with Crippen LogP contribution >= 0.6 is 0 Å². The van der Waals surface area contributed by atoms with Gasteiger partial charge in [-0.15, -0.1) is 0 Å². The fraction of sp³-hybridized carbons (Fsp3) is 0.217. The van der Waals surface area contributed by atoms with Crippen molar-refractivity contribution in [2.45, 2.75) is 57.4 Å². The van der Waals surface area contributed by atoms with Crippen LogP contribution in [-0.4, -0.2) is 35.7 Å². The van der Waals surface area contributed by atoms with Crippen molar-refractivity contribution < 1.29 is 19.1 Å². The molecule has 0 saturated heterocycles. The highest BCUT2D eigenvalue weighted by Gasteiger charge is 2.34. The van der Waals surface area contributed by atoms with Crippen molar-refractivity contribution in [3.05, 3.63) is 170 Å². The first-order valence-electron chi connectivity index (χ1n) is 18.5. The summed E-state index contributed by atoms with van der Waals surface area (Å²) >= 11 is 0. The molecule has 8 rings (SSSR count). The lowest BCUT2D eigenvalue weighted by molar-refractivity contribution is -0.156. The number of nitrogens with zero attached hydrogens (tertiary/aromatic N) is 1. The number of benzene rings is 5. The molecule has 3 N–H and O–H groups in total. The maximum absolute atomic E-state index is 13.8. The maximum atomic E-state index is 13.8. The summed E-state index contributed by atoms with van der Waals surface area (Å²) in [5, 5.41) is 8.27. The van der Waals surface area contributed by atoms with Gasteiger partial charge in [-0.1, -0.05) is 110 Å². The van der Waals surface area contributed by atoms with Crippen LogP contribution in [0, 0.1) is 10.4 Å². The van der Waals surface area contributed by atoms with Gasteiger partial charge in [0.1, 0.15) is 11.9 Å². The van der Waals surface area contributed by atoms with Crippen molar-refractivity contribution in [1.82, 2.24) is 4.90 Å². The van der Waals surface area contributed by atoms with E-state index in [-0.39, 0.29) is 24.3 Å². The number of hydrogen-bond acceptors (Lipinski definition) is 6. The van der Waals surface area contributed by atoms with Gasteiger partial charge in [0.15, 0.2) is 0 Å². The number of esters is 1. The first-order valence-corrected chi connectivity index (χ1v) is 18.5. The second-order valence-corrected chi connectivity index (χ2v) is 13.8. The third-order valence-electron chi connectivity index (χ3n) is 10.6. The summed E-state index contributed by atoms with van der Waals surface area (Å²) in [6.45, 7) is 2.45. The summed E-state index contributed by atoms with van der Waals surface area (Å²) in [6, 6.07) is 39.3. The Morgan fingerprint density at radius 3 is 2.47 bits per heavy atom. The van der Waals surface area contributed by atoms with E-state index in [2.05, 4.69) is 66.0 Å². The topological polar surface area (TPSA) is 93.9 Å². The fourth-order valence-electron chi connectivity index (χ4n) is 7.99. The summed E-state index contributed by atoms with van der Waals surface area (Å²) in [5.41, 5.74) is 14.1. The fourth-order valence-corrected chi connectivity index (χ4v) is 7.99. The summed E-state index contributed by atoms with van der Waals surface area (Å²) in [4.78, 5) is 28.0. The van der Waals surface area contributed by atoms with E-state index in [9.17, 15) is 9.59 Å². The van der Waals surface area contributed by atoms with Gasteiger partial charge in [0.05, 0.1) is 6.54 Å². The third kappa shape index (κ3) is 6.88. The molecule has 0 radical (unpaired) electrons. The van der Waals surface area contributed by atoms with E-state index in [4.69, 9.17) is 15.2 Å². The predicted molar refractivity (Wildman–Crippen MR) is 209 cm³/mol. The van der Waals surface area contributed by atoms with Crippen LogP contribution in [0.4, 0.5) is 5.69 Å². The lowest BCUT2D eigenvalue weighted by Crippen LogP contribution is -2.40. The quantitative estimate of drug-likeness (QED) is 0.171. The molecule has 2 aliphatic carbocycles. The Morgan fingerprint density at radius 2 is 1.68 bits per heavy atom. The van der Waals surface area contributed by atoms with Crippen LogP contribution < -0.4 is 26.2 Å². The van der Waals surface area contributed by atoms with Crippen molar-refractivity contribution in [3.63, 3.8) is 0 Å². The maximum Gasteiger partial charge on any atom is 0.307 e. The number of ether oxygens (including phenoxy) is 2. The molecule has 0 saturated carbocycles. The van der Waals surface area contributed by atoms with Crippen molar-refractivity contribution >= 4 is 35.3 Å². The molecule has 0 bridgehead atoms. The Hall–Kier alpha value is -5.92. The summed E-state index contributed by atoms with van der Waals surface area (Å²) in [6.07, 6.45) is 7.32. The van der Waals surface area contributed by atoms with Crippen molar-refractivity contribution in [2.75, 3.05) is 11.9 Å². The standard InChI is InChI=1S/C46H43N3O4/c1-2-43(50)53-45-46(51)49(26-25-30-11-5-3-6-12-30)29-33-18-17-32(27-41(33)48-45)36-21-24-40(42(28-47)52-34-14-7-4-8-15-34)44-38(36)23-22-37-35-16-10-9-13-31(35)19-20-39(37)44/h3-19,22-23,25-27,40,42,45,48H,2,20-21,24,28-29,47H2,1H3. The number of fused-ring (bicyclic) bond motifs is 5. The monoisotopic (exact) mass is 701 g/mol. The molecule has 3 unspecified atom stereocenters. The minimum absolute atomic E-state index is 0.0898. The van der Waals surface area contributed by atoms with E-state index < -0.39 is 12.2 Å². The summed E-state index contributed by atoms with van der Waals surface area (Å²) in [5.74, 6) is 0.134. The molecule has 1 heterocycles. The molecule has 5 aromatic rings. The third-order valence-corrected chi connectivity index (χ3v) is 10.6. The van der Waals surface area contributed by atoms with E-state index >= 15 is 0 Å². The molecule has 0 spiro atoms. The van der Waals surface area contributed by atoms with Gasteiger partial charge in [-0.05, 0) is 97.8 Å². The van der Waals surface area contributed by atoms with Gasteiger partial charge in [0.2, 0.25) is 0 Å². The van der Waals surface area contributed by atoms with Crippen LogP contribution in [0.2, 0.25) is 0 Å².